The number of benzene rings is 1. The Kier molecular flexibility index (Phi) is 5.49. The Morgan fingerprint density at radius 3 is 2.48 bits per heavy atom. The molecule has 5 nitrogen and oxygen atoms in total. The predicted molar refractivity (Wildman–Crippen MR) is 92.6 cm³/mol. The summed E-state index contributed by atoms with van der Waals surface area (Å²) in [7, 11) is 1.32. The summed E-state index contributed by atoms with van der Waals surface area (Å²) in [6.07, 6.45) is -0.509. The van der Waals surface area contributed by atoms with Crippen molar-refractivity contribution in [1.29, 1.82) is 0 Å². The normalized spacial score (nSPS) is 11.2. The number of methoxy groups -OCH3 is 1. The molecule has 0 aliphatic carbocycles. The van der Waals surface area contributed by atoms with E-state index in [1.165, 1.54) is 18.4 Å². The highest BCUT2D eigenvalue weighted by Crippen LogP contribution is 2.33. The van der Waals surface area contributed by atoms with Gasteiger partial charge in [0.05, 0.1) is 12.8 Å². The zero-order chi connectivity index (χ0) is 17.0. The number of nitrogens with one attached hydrogen (secondary N) is 1. The molecule has 2 aromatic rings. The van der Waals surface area contributed by atoms with Gasteiger partial charge in [0.2, 0.25) is 0 Å². The van der Waals surface area contributed by atoms with Crippen LogP contribution in [-0.4, -0.2) is 18.2 Å². The van der Waals surface area contributed by atoms with Crippen LogP contribution in [0.25, 0.3) is 0 Å². The molecule has 0 spiro atoms. The van der Waals surface area contributed by atoms with E-state index in [1.807, 2.05) is 0 Å². The van der Waals surface area contributed by atoms with Crippen LogP contribution in [0.5, 0.6) is 5.75 Å². The fourth-order valence-corrected chi connectivity index (χ4v) is 3.32. The minimum atomic E-state index is -0.509. The molecule has 1 aromatic carbocycles. The van der Waals surface area contributed by atoms with Crippen LogP contribution in [0.2, 0.25) is 4.34 Å². The Morgan fingerprint density at radius 1 is 1.30 bits per heavy atom. The van der Waals surface area contributed by atoms with E-state index < -0.39 is 6.09 Å². The second-order valence-corrected chi connectivity index (χ2v) is 7.60. The summed E-state index contributed by atoms with van der Waals surface area (Å²) >= 11 is 7.67. The number of ether oxygens (including phenoxy) is 2. The monoisotopic (exact) mass is 354 g/mol. The summed E-state index contributed by atoms with van der Waals surface area (Å²) in [5.74, 6) is 0.684. The van der Waals surface area contributed by atoms with E-state index in [1.54, 1.807) is 24.3 Å². The number of hydrogen-bond donors (Lipinski definition) is 1. The number of halogens is 1. The van der Waals surface area contributed by atoms with Gasteiger partial charge in [0.15, 0.2) is 0 Å². The lowest BCUT2D eigenvalue weighted by molar-refractivity contribution is 0.187. The highest BCUT2D eigenvalue weighted by molar-refractivity contribution is 7.16. The largest absolute Gasteiger partial charge is 0.486 e. The van der Waals surface area contributed by atoms with Gasteiger partial charge in [0, 0.05) is 11.1 Å². The molecule has 0 atom stereocenters. The Morgan fingerprint density at radius 2 is 1.96 bits per heavy atom. The van der Waals surface area contributed by atoms with Crippen molar-refractivity contribution < 1.29 is 14.3 Å². The van der Waals surface area contributed by atoms with Crippen molar-refractivity contribution in [2.45, 2.75) is 32.8 Å². The van der Waals surface area contributed by atoms with E-state index in [9.17, 15) is 4.79 Å². The minimum Gasteiger partial charge on any atom is -0.486 e. The fourth-order valence-electron chi connectivity index (χ4n) is 1.82. The second-order valence-electron chi connectivity index (χ2n) is 5.91. The van der Waals surface area contributed by atoms with Gasteiger partial charge in [-0.3, -0.25) is 5.32 Å². The quantitative estimate of drug-likeness (QED) is 0.852. The number of aromatic nitrogens is 1. The van der Waals surface area contributed by atoms with Crippen LogP contribution in [0.1, 0.15) is 31.5 Å². The smallest absolute Gasteiger partial charge is 0.411 e. The molecule has 7 heteroatoms. The van der Waals surface area contributed by atoms with E-state index in [0.29, 0.717) is 22.4 Å². The van der Waals surface area contributed by atoms with Crippen LogP contribution in [0, 0.1) is 0 Å². The topological polar surface area (TPSA) is 60.5 Å². The highest BCUT2D eigenvalue weighted by Gasteiger charge is 2.22. The van der Waals surface area contributed by atoms with Crippen molar-refractivity contribution in [3.05, 3.63) is 39.3 Å². The molecule has 0 unspecified atom stereocenters. The first-order valence-corrected chi connectivity index (χ1v) is 8.22. The summed E-state index contributed by atoms with van der Waals surface area (Å²) < 4.78 is 10.9. The first-order chi connectivity index (χ1) is 10.8. The lowest BCUT2D eigenvalue weighted by Crippen LogP contribution is -2.12. The molecule has 0 radical (unpaired) electrons. The van der Waals surface area contributed by atoms with E-state index >= 15 is 0 Å². The van der Waals surface area contributed by atoms with Gasteiger partial charge in [-0.25, -0.2) is 9.78 Å². The third kappa shape index (κ3) is 4.84. The van der Waals surface area contributed by atoms with Crippen molar-refractivity contribution in [3.8, 4) is 5.75 Å². The number of carbonyl (C=O) groups excluding carboxylic acids is 1. The Bertz CT molecular complexity index is 678. The lowest BCUT2D eigenvalue weighted by atomic mass is 9.93. The molecule has 1 aromatic heterocycles. The van der Waals surface area contributed by atoms with Gasteiger partial charge >= 0.3 is 6.09 Å². The number of anilines is 1. The van der Waals surface area contributed by atoms with Crippen molar-refractivity contribution in [3.63, 3.8) is 0 Å². The van der Waals surface area contributed by atoms with E-state index in [0.717, 1.165) is 10.7 Å². The van der Waals surface area contributed by atoms with Crippen LogP contribution >= 0.6 is 22.9 Å². The summed E-state index contributed by atoms with van der Waals surface area (Å²) in [5.41, 5.74) is 1.43. The zero-order valence-corrected chi connectivity index (χ0v) is 15.0. The van der Waals surface area contributed by atoms with Crippen molar-refractivity contribution >= 4 is 34.7 Å². The molecule has 23 heavy (non-hydrogen) atoms. The van der Waals surface area contributed by atoms with E-state index in [4.69, 9.17) is 16.3 Å². The number of hydrogen-bond acceptors (Lipinski definition) is 5. The number of carbonyl (C=O) groups is 1. The molecule has 2 rings (SSSR count). The third-order valence-electron chi connectivity index (χ3n) is 2.99. The van der Waals surface area contributed by atoms with Crippen molar-refractivity contribution in [1.82, 2.24) is 4.98 Å². The number of thiazole rings is 1. The Labute approximate surface area is 144 Å². The maximum absolute atomic E-state index is 11.1. The van der Waals surface area contributed by atoms with Gasteiger partial charge in [-0.1, -0.05) is 32.4 Å². The SMILES string of the molecule is COC(=O)Nc1ccc(OCc2nc(C(C)(C)C)c(Cl)s2)cc1. The molecule has 1 N–H and O–H groups in total. The molecular formula is C16H19ClN2O3S. The molecule has 124 valence electrons. The molecule has 1 heterocycles. The standard InChI is InChI=1S/C16H19ClN2O3S/c1-16(2,3)13-14(17)23-12(19-13)9-22-11-7-5-10(6-8-11)18-15(20)21-4/h5-8H,9H2,1-4H3,(H,18,20). The van der Waals surface area contributed by atoms with E-state index in [-0.39, 0.29) is 5.41 Å². The van der Waals surface area contributed by atoms with Gasteiger partial charge in [-0.15, -0.1) is 11.3 Å². The molecule has 0 aliphatic rings. The van der Waals surface area contributed by atoms with Crippen LogP contribution < -0.4 is 10.1 Å². The van der Waals surface area contributed by atoms with Crippen LogP contribution in [0.4, 0.5) is 10.5 Å². The third-order valence-corrected chi connectivity index (χ3v) is 4.22. The lowest BCUT2D eigenvalue weighted by Gasteiger charge is -2.15. The molecule has 1 amide bonds. The summed E-state index contributed by atoms with van der Waals surface area (Å²) in [6.45, 7) is 6.58. The predicted octanol–water partition coefficient (Wildman–Crippen LogP) is 4.85. The summed E-state index contributed by atoms with van der Waals surface area (Å²) in [5, 5.41) is 3.41. The van der Waals surface area contributed by atoms with Gasteiger partial charge in [0.25, 0.3) is 0 Å². The molecule has 0 aliphatic heterocycles. The molecule has 0 saturated heterocycles. The molecular weight excluding hydrogens is 336 g/mol. The van der Waals surface area contributed by atoms with Gasteiger partial charge in [-0.05, 0) is 24.3 Å². The fraction of sp³-hybridized carbons (Fsp3) is 0.375. The summed E-state index contributed by atoms with van der Waals surface area (Å²) in [4.78, 5) is 15.7. The van der Waals surface area contributed by atoms with Crippen molar-refractivity contribution in [2.24, 2.45) is 0 Å². The average Bonchev–Trinajstić information content (AvgIpc) is 2.87. The molecule has 0 saturated carbocycles. The first kappa shape index (κ1) is 17.6. The van der Waals surface area contributed by atoms with Gasteiger partial charge < -0.3 is 9.47 Å². The maximum atomic E-state index is 11.1. The van der Waals surface area contributed by atoms with Crippen LogP contribution in [0.15, 0.2) is 24.3 Å². The number of rotatable bonds is 4. The maximum Gasteiger partial charge on any atom is 0.411 e. The summed E-state index contributed by atoms with van der Waals surface area (Å²) in [6, 6.07) is 7.01. The van der Waals surface area contributed by atoms with Gasteiger partial charge in [0.1, 0.15) is 21.7 Å². The zero-order valence-electron chi connectivity index (χ0n) is 13.5. The number of amides is 1. The average molecular weight is 355 g/mol. The minimum absolute atomic E-state index is 0.0902. The van der Waals surface area contributed by atoms with Crippen molar-refractivity contribution in [2.75, 3.05) is 12.4 Å². The highest BCUT2D eigenvalue weighted by atomic mass is 35.5. The molecule has 0 bridgehead atoms. The number of nitrogens with zero attached hydrogens (tertiary/aromatic N) is 1. The van der Waals surface area contributed by atoms with Gasteiger partial charge in [-0.2, -0.15) is 0 Å². The molecule has 0 fully saturated rings. The first-order valence-electron chi connectivity index (χ1n) is 7.03. The van der Waals surface area contributed by atoms with E-state index in [2.05, 4.69) is 35.8 Å². The second kappa shape index (κ2) is 7.19. The van der Waals surface area contributed by atoms with Crippen LogP contribution in [-0.2, 0) is 16.8 Å². The van der Waals surface area contributed by atoms with Crippen LogP contribution in [0.3, 0.4) is 0 Å². The Hall–Kier alpha value is -1.79. The Balaban J connectivity index is 1.97.